The van der Waals surface area contributed by atoms with Gasteiger partial charge in [0.25, 0.3) is 5.91 Å². The van der Waals surface area contributed by atoms with Crippen LogP contribution < -0.4 is 10.1 Å². The van der Waals surface area contributed by atoms with Gasteiger partial charge in [-0.05, 0) is 24.3 Å². The third kappa shape index (κ3) is 3.17. The summed E-state index contributed by atoms with van der Waals surface area (Å²) >= 11 is 12.1. The summed E-state index contributed by atoms with van der Waals surface area (Å²) in [5, 5.41) is 8.09. The van der Waals surface area contributed by atoms with E-state index >= 15 is 0 Å². The zero-order valence-corrected chi connectivity index (χ0v) is 14.7. The molecule has 1 aliphatic rings. The van der Waals surface area contributed by atoms with Gasteiger partial charge >= 0.3 is 0 Å². The molecule has 3 aromatic rings. The van der Waals surface area contributed by atoms with Crippen LogP contribution in [0, 0.1) is 0 Å². The van der Waals surface area contributed by atoms with E-state index in [9.17, 15) is 4.79 Å². The topological polar surface area (TPSA) is 55.6 Å². The molecule has 0 bridgehead atoms. The molecule has 0 aliphatic heterocycles. The Hall–Kier alpha value is -2.24. The number of carbonyl (C=O) groups excluding carboxylic acids is 1. The number of benzene rings is 1. The Morgan fingerprint density at radius 1 is 1.20 bits per heavy atom. The molecule has 0 atom stereocenters. The van der Waals surface area contributed by atoms with Crippen LogP contribution in [0.15, 0.2) is 48.8 Å². The van der Waals surface area contributed by atoms with Gasteiger partial charge in [0, 0.05) is 25.1 Å². The molecule has 1 N–H and O–H groups in total. The minimum absolute atomic E-state index is 0.0187. The third-order valence-corrected chi connectivity index (χ3v) is 5.11. The Morgan fingerprint density at radius 3 is 2.88 bits per heavy atom. The lowest BCUT2D eigenvalue weighted by molar-refractivity contribution is 0.0702. The molecule has 2 heterocycles. The summed E-state index contributed by atoms with van der Waals surface area (Å²) in [6, 6.07) is 11.0. The van der Waals surface area contributed by atoms with Crippen LogP contribution >= 0.6 is 23.2 Å². The fourth-order valence-electron chi connectivity index (χ4n) is 2.91. The summed E-state index contributed by atoms with van der Waals surface area (Å²) in [6.45, 7) is 0. The van der Waals surface area contributed by atoms with Crippen molar-refractivity contribution in [1.29, 1.82) is 0 Å². The molecule has 0 saturated heterocycles. The lowest BCUT2D eigenvalue weighted by atomic mass is 9.89. The van der Waals surface area contributed by atoms with E-state index in [0.717, 1.165) is 18.4 Å². The number of aromatic nitrogens is 2. The third-order valence-electron chi connectivity index (χ3n) is 4.31. The molecule has 1 amide bonds. The fraction of sp³-hybridized carbons (Fsp3) is 0.222. The number of nitrogens with one attached hydrogen (secondary N) is 1. The summed E-state index contributed by atoms with van der Waals surface area (Å²) < 4.78 is 7.53. The maximum absolute atomic E-state index is 12.4. The normalized spacial score (nSPS) is 19.4. The number of carbonyl (C=O) groups is 1. The Labute approximate surface area is 154 Å². The van der Waals surface area contributed by atoms with E-state index in [1.54, 1.807) is 28.9 Å². The SMILES string of the molecule is O=C(NC1CC(Oc2cccc(Cl)c2Cl)C1)c1cnn2ccccc12. The molecule has 25 heavy (non-hydrogen) atoms. The highest BCUT2D eigenvalue weighted by Gasteiger charge is 2.33. The quantitative estimate of drug-likeness (QED) is 0.750. The molecule has 1 fully saturated rings. The minimum Gasteiger partial charge on any atom is -0.489 e. The number of amides is 1. The zero-order chi connectivity index (χ0) is 17.4. The van der Waals surface area contributed by atoms with Crippen molar-refractivity contribution < 1.29 is 9.53 Å². The Bertz CT molecular complexity index is 935. The van der Waals surface area contributed by atoms with Gasteiger partial charge in [-0.25, -0.2) is 4.52 Å². The predicted octanol–water partition coefficient (Wildman–Crippen LogP) is 3.98. The lowest BCUT2D eigenvalue weighted by Crippen LogP contribution is -2.49. The van der Waals surface area contributed by atoms with Crippen molar-refractivity contribution in [3.05, 3.63) is 64.4 Å². The van der Waals surface area contributed by atoms with Gasteiger partial charge in [-0.15, -0.1) is 0 Å². The molecule has 1 saturated carbocycles. The summed E-state index contributed by atoms with van der Waals surface area (Å²) in [5.41, 5.74) is 1.36. The molecular formula is C18H15Cl2N3O2. The van der Waals surface area contributed by atoms with E-state index in [4.69, 9.17) is 27.9 Å². The Kier molecular flexibility index (Phi) is 4.27. The highest BCUT2D eigenvalue weighted by Crippen LogP contribution is 2.35. The number of nitrogens with zero attached hydrogens (tertiary/aromatic N) is 2. The van der Waals surface area contributed by atoms with Gasteiger partial charge in [-0.2, -0.15) is 5.10 Å². The van der Waals surface area contributed by atoms with Crippen molar-refractivity contribution >= 4 is 34.6 Å². The van der Waals surface area contributed by atoms with Crippen molar-refractivity contribution in [3.8, 4) is 5.75 Å². The van der Waals surface area contributed by atoms with Gasteiger partial charge in [0.2, 0.25) is 0 Å². The number of halogens is 2. The monoisotopic (exact) mass is 375 g/mol. The molecule has 4 rings (SSSR count). The smallest absolute Gasteiger partial charge is 0.255 e. The van der Waals surface area contributed by atoms with Crippen LogP contribution in [0.1, 0.15) is 23.2 Å². The number of fused-ring (bicyclic) bond motifs is 1. The molecule has 7 heteroatoms. The van der Waals surface area contributed by atoms with Crippen LogP contribution in [0.4, 0.5) is 0 Å². The number of rotatable bonds is 4. The zero-order valence-electron chi connectivity index (χ0n) is 13.2. The first-order valence-electron chi connectivity index (χ1n) is 7.95. The summed E-state index contributed by atoms with van der Waals surface area (Å²) in [5.74, 6) is 0.456. The largest absolute Gasteiger partial charge is 0.489 e. The van der Waals surface area contributed by atoms with Crippen LogP contribution in [-0.2, 0) is 0 Å². The van der Waals surface area contributed by atoms with E-state index in [-0.39, 0.29) is 18.1 Å². The number of ether oxygens (including phenoxy) is 1. The average Bonchev–Trinajstić information content (AvgIpc) is 3.01. The highest BCUT2D eigenvalue weighted by atomic mass is 35.5. The molecule has 2 aromatic heterocycles. The van der Waals surface area contributed by atoms with Crippen LogP contribution in [0.25, 0.3) is 5.52 Å². The minimum atomic E-state index is -0.120. The maximum Gasteiger partial charge on any atom is 0.255 e. The van der Waals surface area contributed by atoms with E-state index < -0.39 is 0 Å². The Balaban J connectivity index is 1.35. The second-order valence-electron chi connectivity index (χ2n) is 6.02. The number of pyridine rings is 1. The number of hydrogen-bond acceptors (Lipinski definition) is 3. The van der Waals surface area contributed by atoms with Crippen LogP contribution in [0.2, 0.25) is 10.0 Å². The second kappa shape index (κ2) is 6.58. The van der Waals surface area contributed by atoms with Crippen molar-refractivity contribution in [2.45, 2.75) is 25.0 Å². The molecule has 1 aromatic carbocycles. The lowest BCUT2D eigenvalue weighted by Gasteiger charge is -2.36. The predicted molar refractivity (Wildman–Crippen MR) is 96.6 cm³/mol. The van der Waals surface area contributed by atoms with Crippen LogP contribution in [0.5, 0.6) is 5.75 Å². The van der Waals surface area contributed by atoms with Gasteiger partial charge in [-0.3, -0.25) is 4.79 Å². The molecule has 0 spiro atoms. The van der Waals surface area contributed by atoms with E-state index in [1.165, 1.54) is 0 Å². The van der Waals surface area contributed by atoms with Gasteiger partial charge < -0.3 is 10.1 Å². The fourth-order valence-corrected chi connectivity index (χ4v) is 3.24. The first-order valence-corrected chi connectivity index (χ1v) is 8.71. The van der Waals surface area contributed by atoms with E-state index in [0.29, 0.717) is 21.4 Å². The number of hydrogen-bond donors (Lipinski definition) is 1. The summed E-state index contributed by atoms with van der Waals surface area (Å²) in [7, 11) is 0. The molecule has 128 valence electrons. The molecule has 1 aliphatic carbocycles. The average molecular weight is 376 g/mol. The molecule has 0 radical (unpaired) electrons. The van der Waals surface area contributed by atoms with Crippen molar-refractivity contribution in [2.75, 3.05) is 0 Å². The summed E-state index contributed by atoms with van der Waals surface area (Å²) in [6.07, 6.45) is 4.88. The van der Waals surface area contributed by atoms with Gasteiger partial charge in [0.15, 0.2) is 0 Å². The first-order chi connectivity index (χ1) is 12.1. The molecule has 5 nitrogen and oxygen atoms in total. The van der Waals surface area contributed by atoms with Crippen LogP contribution in [-0.4, -0.2) is 27.7 Å². The molecular weight excluding hydrogens is 361 g/mol. The van der Waals surface area contributed by atoms with E-state index in [1.807, 2.05) is 24.4 Å². The summed E-state index contributed by atoms with van der Waals surface area (Å²) in [4.78, 5) is 12.4. The van der Waals surface area contributed by atoms with Gasteiger partial charge in [-0.1, -0.05) is 35.3 Å². The standard InChI is InChI=1S/C18H15Cl2N3O2/c19-14-4-3-6-16(17(14)20)25-12-8-11(9-12)22-18(24)13-10-21-23-7-2-1-5-15(13)23/h1-7,10-12H,8-9H2,(H,22,24). The van der Waals surface area contributed by atoms with Crippen molar-refractivity contribution in [1.82, 2.24) is 14.9 Å². The van der Waals surface area contributed by atoms with Crippen molar-refractivity contribution in [3.63, 3.8) is 0 Å². The van der Waals surface area contributed by atoms with Crippen LogP contribution in [0.3, 0.4) is 0 Å². The highest BCUT2D eigenvalue weighted by molar-refractivity contribution is 6.42. The first kappa shape index (κ1) is 16.2. The van der Waals surface area contributed by atoms with Gasteiger partial charge in [0.05, 0.1) is 22.3 Å². The Morgan fingerprint density at radius 2 is 2.04 bits per heavy atom. The van der Waals surface area contributed by atoms with Gasteiger partial charge in [0.1, 0.15) is 16.9 Å². The van der Waals surface area contributed by atoms with E-state index in [2.05, 4.69) is 10.4 Å². The second-order valence-corrected chi connectivity index (χ2v) is 6.81. The van der Waals surface area contributed by atoms with Crippen molar-refractivity contribution in [2.24, 2.45) is 0 Å². The maximum atomic E-state index is 12.4. The molecule has 0 unspecified atom stereocenters.